The van der Waals surface area contributed by atoms with Crippen LogP contribution in [0.3, 0.4) is 0 Å². The molecule has 1 aliphatic carbocycles. The standard InChI is InChI=1S/C18H27ClN2O3S/c1-5-13(2)14(3)21(16-8-9-16)18(22)12-20(4)25(23,24)17-10-6-15(19)7-11-17/h6-7,10-11,13-14,16H,5,8-9,12H2,1-4H3. The predicted molar refractivity (Wildman–Crippen MR) is 100 cm³/mol. The van der Waals surface area contributed by atoms with Crippen LogP contribution in [0.25, 0.3) is 0 Å². The Hall–Kier alpha value is -1.11. The second-order valence-corrected chi connectivity index (χ2v) is 9.35. The minimum atomic E-state index is -3.71. The fourth-order valence-corrected chi connectivity index (χ4v) is 4.12. The fraction of sp³-hybridized carbons (Fsp3) is 0.611. The summed E-state index contributed by atoms with van der Waals surface area (Å²) in [5.74, 6) is 0.248. The van der Waals surface area contributed by atoms with Crippen LogP contribution in [0, 0.1) is 5.92 Å². The Morgan fingerprint density at radius 1 is 1.24 bits per heavy atom. The molecule has 140 valence electrons. The van der Waals surface area contributed by atoms with Gasteiger partial charge >= 0.3 is 0 Å². The average molecular weight is 387 g/mol. The Balaban J connectivity index is 2.13. The van der Waals surface area contributed by atoms with Gasteiger partial charge in [0.1, 0.15) is 0 Å². The summed E-state index contributed by atoms with van der Waals surface area (Å²) in [6, 6.07) is 6.34. The molecule has 0 N–H and O–H groups in total. The van der Waals surface area contributed by atoms with E-state index in [0.29, 0.717) is 10.9 Å². The van der Waals surface area contributed by atoms with Gasteiger partial charge in [-0.1, -0.05) is 31.9 Å². The molecule has 0 aromatic heterocycles. The van der Waals surface area contributed by atoms with Gasteiger partial charge in [-0.25, -0.2) is 8.42 Å². The summed E-state index contributed by atoms with van der Waals surface area (Å²) in [7, 11) is -2.27. The van der Waals surface area contributed by atoms with Crippen LogP contribution >= 0.6 is 11.6 Å². The van der Waals surface area contributed by atoms with E-state index in [4.69, 9.17) is 11.6 Å². The van der Waals surface area contributed by atoms with E-state index in [1.54, 1.807) is 0 Å². The van der Waals surface area contributed by atoms with Crippen molar-refractivity contribution in [3.05, 3.63) is 29.3 Å². The lowest BCUT2D eigenvalue weighted by Gasteiger charge is -2.34. The summed E-state index contributed by atoms with van der Waals surface area (Å²) in [5, 5.41) is 0.472. The van der Waals surface area contributed by atoms with Gasteiger partial charge in [0.25, 0.3) is 0 Å². The molecular formula is C18H27ClN2O3S. The highest BCUT2D eigenvalue weighted by molar-refractivity contribution is 7.89. The number of rotatable bonds is 8. The van der Waals surface area contributed by atoms with Gasteiger partial charge in [-0.05, 0) is 49.9 Å². The molecule has 5 nitrogen and oxygen atoms in total. The number of hydrogen-bond donors (Lipinski definition) is 0. The predicted octanol–water partition coefficient (Wildman–Crippen LogP) is 3.39. The van der Waals surface area contributed by atoms with Crippen molar-refractivity contribution in [2.45, 2.75) is 57.0 Å². The summed E-state index contributed by atoms with van der Waals surface area (Å²) in [4.78, 5) is 14.9. The highest BCUT2D eigenvalue weighted by Crippen LogP contribution is 2.31. The first kappa shape index (κ1) is 20.2. The Kier molecular flexibility index (Phi) is 6.51. The molecule has 0 aliphatic heterocycles. The summed E-state index contributed by atoms with van der Waals surface area (Å²) in [6.07, 6.45) is 2.98. The van der Waals surface area contributed by atoms with E-state index in [1.807, 2.05) is 4.90 Å². The molecule has 1 fully saturated rings. The Morgan fingerprint density at radius 2 is 1.80 bits per heavy atom. The monoisotopic (exact) mass is 386 g/mol. The third-order valence-corrected chi connectivity index (χ3v) is 7.08. The molecule has 2 rings (SSSR count). The van der Waals surface area contributed by atoms with Gasteiger partial charge < -0.3 is 4.90 Å². The van der Waals surface area contributed by atoms with Gasteiger partial charge in [0.2, 0.25) is 15.9 Å². The van der Waals surface area contributed by atoms with E-state index in [2.05, 4.69) is 20.8 Å². The van der Waals surface area contributed by atoms with Crippen LogP contribution < -0.4 is 0 Å². The highest BCUT2D eigenvalue weighted by Gasteiger charge is 2.38. The molecule has 0 radical (unpaired) electrons. The first-order valence-corrected chi connectivity index (χ1v) is 10.5. The second kappa shape index (κ2) is 8.06. The molecule has 1 saturated carbocycles. The van der Waals surface area contributed by atoms with Crippen molar-refractivity contribution in [3.8, 4) is 0 Å². The average Bonchev–Trinajstić information content (AvgIpc) is 3.39. The highest BCUT2D eigenvalue weighted by atomic mass is 35.5. The van der Waals surface area contributed by atoms with Crippen LogP contribution in [-0.2, 0) is 14.8 Å². The quantitative estimate of drug-likeness (QED) is 0.688. The molecule has 1 aromatic rings. The number of sulfonamides is 1. The summed E-state index contributed by atoms with van der Waals surface area (Å²) in [6.45, 7) is 6.13. The molecule has 0 saturated heterocycles. The van der Waals surface area contributed by atoms with Crippen molar-refractivity contribution >= 4 is 27.5 Å². The van der Waals surface area contributed by atoms with Crippen LogP contribution in [0.15, 0.2) is 29.2 Å². The number of halogens is 1. The molecule has 25 heavy (non-hydrogen) atoms. The zero-order valence-corrected chi connectivity index (χ0v) is 16.8. The number of carbonyl (C=O) groups is 1. The Morgan fingerprint density at radius 3 is 2.28 bits per heavy atom. The normalized spacial score (nSPS) is 17.4. The first-order chi connectivity index (χ1) is 11.7. The van der Waals surface area contributed by atoms with Crippen LogP contribution in [-0.4, -0.2) is 49.2 Å². The lowest BCUT2D eigenvalue weighted by Crippen LogP contribution is -2.48. The van der Waals surface area contributed by atoms with E-state index in [0.717, 1.165) is 23.6 Å². The molecule has 1 amide bonds. The number of amides is 1. The third-order valence-electron chi connectivity index (χ3n) is 5.01. The fourth-order valence-electron chi connectivity index (χ4n) is 2.87. The number of hydrogen-bond acceptors (Lipinski definition) is 3. The van der Waals surface area contributed by atoms with Gasteiger partial charge in [-0.15, -0.1) is 0 Å². The van der Waals surface area contributed by atoms with Gasteiger partial charge in [0.15, 0.2) is 0 Å². The van der Waals surface area contributed by atoms with Crippen LogP contribution in [0.5, 0.6) is 0 Å². The van der Waals surface area contributed by atoms with Crippen molar-refractivity contribution in [3.63, 3.8) is 0 Å². The molecule has 1 aliphatic rings. The third kappa shape index (κ3) is 4.74. The zero-order chi connectivity index (χ0) is 18.8. The molecule has 7 heteroatoms. The maximum absolute atomic E-state index is 12.8. The van der Waals surface area contributed by atoms with Crippen molar-refractivity contribution < 1.29 is 13.2 Å². The van der Waals surface area contributed by atoms with Gasteiger partial charge in [0, 0.05) is 24.2 Å². The second-order valence-electron chi connectivity index (χ2n) is 6.87. The summed E-state index contributed by atoms with van der Waals surface area (Å²) < 4.78 is 26.4. The number of nitrogens with zero attached hydrogens (tertiary/aromatic N) is 2. The number of carbonyl (C=O) groups excluding carboxylic acids is 1. The van der Waals surface area contributed by atoms with E-state index in [9.17, 15) is 13.2 Å². The first-order valence-electron chi connectivity index (χ1n) is 8.71. The number of benzene rings is 1. The van der Waals surface area contributed by atoms with Gasteiger partial charge in [-0.3, -0.25) is 4.79 Å². The van der Waals surface area contributed by atoms with E-state index in [-0.39, 0.29) is 29.4 Å². The van der Waals surface area contributed by atoms with E-state index in [1.165, 1.54) is 31.3 Å². The van der Waals surface area contributed by atoms with E-state index >= 15 is 0 Å². The molecule has 2 atom stereocenters. The van der Waals surface area contributed by atoms with Crippen LogP contribution in [0.2, 0.25) is 5.02 Å². The lowest BCUT2D eigenvalue weighted by atomic mass is 9.99. The van der Waals surface area contributed by atoms with Crippen molar-refractivity contribution in [2.24, 2.45) is 5.92 Å². The Bertz CT molecular complexity index is 702. The molecule has 0 heterocycles. The molecular weight excluding hydrogens is 360 g/mol. The summed E-state index contributed by atoms with van der Waals surface area (Å²) >= 11 is 5.82. The van der Waals surface area contributed by atoms with Crippen molar-refractivity contribution in [1.82, 2.24) is 9.21 Å². The zero-order valence-electron chi connectivity index (χ0n) is 15.3. The number of likely N-dealkylation sites (N-methyl/N-ethyl adjacent to an activating group) is 1. The van der Waals surface area contributed by atoms with Crippen LogP contribution in [0.4, 0.5) is 0 Å². The topological polar surface area (TPSA) is 57.7 Å². The maximum atomic E-state index is 12.8. The molecule has 1 aromatic carbocycles. The summed E-state index contributed by atoms with van der Waals surface area (Å²) in [5.41, 5.74) is 0. The van der Waals surface area contributed by atoms with Crippen molar-refractivity contribution in [2.75, 3.05) is 13.6 Å². The molecule has 0 bridgehead atoms. The minimum Gasteiger partial charge on any atom is -0.336 e. The van der Waals surface area contributed by atoms with Crippen LogP contribution in [0.1, 0.15) is 40.0 Å². The molecule has 0 spiro atoms. The SMILES string of the molecule is CCC(C)C(C)N(C(=O)CN(C)S(=O)(=O)c1ccc(Cl)cc1)C1CC1. The van der Waals surface area contributed by atoms with E-state index < -0.39 is 10.0 Å². The molecule has 2 unspecified atom stereocenters. The van der Waals surface area contributed by atoms with Crippen molar-refractivity contribution in [1.29, 1.82) is 0 Å². The minimum absolute atomic E-state index is 0.108. The lowest BCUT2D eigenvalue weighted by molar-refractivity contribution is -0.135. The van der Waals surface area contributed by atoms with Gasteiger partial charge in [0.05, 0.1) is 11.4 Å². The largest absolute Gasteiger partial charge is 0.336 e. The smallest absolute Gasteiger partial charge is 0.243 e. The Labute approximate surface area is 156 Å². The van der Waals surface area contributed by atoms with Gasteiger partial charge in [-0.2, -0.15) is 4.31 Å². The maximum Gasteiger partial charge on any atom is 0.243 e.